The van der Waals surface area contributed by atoms with Gasteiger partial charge in [-0.15, -0.1) is 5.10 Å². The zero-order valence-corrected chi connectivity index (χ0v) is 8.43. The summed E-state index contributed by atoms with van der Waals surface area (Å²) in [5, 5.41) is 7.51. The van der Waals surface area contributed by atoms with E-state index in [1.165, 1.54) is 7.11 Å². The Hall–Kier alpha value is -2.04. The Bertz CT molecular complexity index is 436. The molecule has 1 heterocycles. The second kappa shape index (κ2) is 4.00. The van der Waals surface area contributed by atoms with Crippen molar-refractivity contribution in [2.24, 2.45) is 0 Å². The maximum Gasteiger partial charge on any atom is 0.414 e. The topological polar surface area (TPSA) is 57.4 Å². The summed E-state index contributed by atoms with van der Waals surface area (Å²) in [5.41, 5.74) is 0.826. The molecule has 2 aromatic rings. The molecule has 0 aliphatic carbocycles. The van der Waals surface area contributed by atoms with Gasteiger partial charge in [-0.2, -0.15) is 0 Å². The normalized spacial score (nSPS) is 10.0. The molecule has 5 nitrogen and oxygen atoms in total. The van der Waals surface area contributed by atoms with Crippen LogP contribution >= 0.6 is 0 Å². The van der Waals surface area contributed by atoms with Crippen molar-refractivity contribution in [3.63, 3.8) is 0 Å². The Morgan fingerprint density at radius 2 is 1.73 bits per heavy atom. The van der Waals surface area contributed by atoms with E-state index in [0.717, 1.165) is 11.3 Å². The van der Waals surface area contributed by atoms with Crippen LogP contribution in [0.5, 0.6) is 11.8 Å². The lowest BCUT2D eigenvalue weighted by Crippen LogP contribution is -1.82. The summed E-state index contributed by atoms with van der Waals surface area (Å²) < 4.78 is 15.0. The Balaban J connectivity index is 2.28. The van der Waals surface area contributed by atoms with Crippen molar-refractivity contribution >= 4 is 0 Å². The molecule has 1 aromatic heterocycles. The molecular weight excluding hydrogens is 196 g/mol. The van der Waals surface area contributed by atoms with Gasteiger partial charge in [0.15, 0.2) is 0 Å². The van der Waals surface area contributed by atoms with Crippen molar-refractivity contribution in [3.8, 4) is 23.3 Å². The molecule has 2 rings (SSSR count). The summed E-state index contributed by atoms with van der Waals surface area (Å²) in [5.74, 6) is 1.21. The van der Waals surface area contributed by atoms with Gasteiger partial charge in [-0.1, -0.05) is 5.10 Å². The van der Waals surface area contributed by atoms with E-state index >= 15 is 0 Å². The Kier molecular flexibility index (Phi) is 2.53. The molecule has 0 fully saturated rings. The first-order valence-corrected chi connectivity index (χ1v) is 4.35. The van der Waals surface area contributed by atoms with E-state index in [0.29, 0.717) is 5.89 Å². The predicted molar refractivity (Wildman–Crippen MR) is 52.8 cm³/mol. The van der Waals surface area contributed by atoms with Gasteiger partial charge in [-0.05, 0) is 24.3 Å². The highest BCUT2D eigenvalue weighted by Crippen LogP contribution is 2.22. The maximum absolute atomic E-state index is 5.21. The van der Waals surface area contributed by atoms with E-state index in [-0.39, 0.29) is 6.08 Å². The molecule has 5 heteroatoms. The molecule has 78 valence electrons. The van der Waals surface area contributed by atoms with Gasteiger partial charge in [0, 0.05) is 5.56 Å². The molecule has 0 aliphatic rings. The first-order chi connectivity index (χ1) is 7.33. The third-order valence-electron chi connectivity index (χ3n) is 1.92. The van der Waals surface area contributed by atoms with Crippen LogP contribution in [-0.4, -0.2) is 24.4 Å². The van der Waals surface area contributed by atoms with Crippen molar-refractivity contribution in [1.29, 1.82) is 0 Å². The minimum absolute atomic E-state index is 0.154. The highest BCUT2D eigenvalue weighted by Gasteiger charge is 2.07. The average molecular weight is 206 g/mol. The van der Waals surface area contributed by atoms with Gasteiger partial charge in [-0.3, -0.25) is 0 Å². The van der Waals surface area contributed by atoms with Gasteiger partial charge in [0.2, 0.25) is 0 Å². The number of hydrogen-bond acceptors (Lipinski definition) is 5. The standard InChI is InChI=1S/C10H10N2O3/c1-13-8-5-3-7(4-6-8)9-11-12-10(14-2)15-9/h3-6H,1-2H3. The van der Waals surface area contributed by atoms with E-state index in [4.69, 9.17) is 13.9 Å². The molecule has 0 unspecified atom stereocenters. The number of methoxy groups -OCH3 is 2. The summed E-state index contributed by atoms with van der Waals surface area (Å²) in [4.78, 5) is 0. The molecular formula is C10H10N2O3. The summed E-state index contributed by atoms with van der Waals surface area (Å²) >= 11 is 0. The number of benzene rings is 1. The number of rotatable bonds is 3. The number of ether oxygens (including phenoxy) is 2. The Morgan fingerprint density at radius 3 is 2.27 bits per heavy atom. The van der Waals surface area contributed by atoms with E-state index in [1.54, 1.807) is 7.11 Å². The van der Waals surface area contributed by atoms with Gasteiger partial charge in [0.25, 0.3) is 5.89 Å². The van der Waals surface area contributed by atoms with Crippen molar-refractivity contribution in [3.05, 3.63) is 24.3 Å². The molecule has 0 atom stereocenters. The smallest absolute Gasteiger partial charge is 0.414 e. The molecule has 0 bridgehead atoms. The molecule has 0 amide bonds. The summed E-state index contributed by atoms with van der Waals surface area (Å²) in [6.07, 6.45) is 0.154. The molecule has 0 radical (unpaired) electrons. The minimum atomic E-state index is 0.154. The zero-order valence-electron chi connectivity index (χ0n) is 8.43. The van der Waals surface area contributed by atoms with E-state index < -0.39 is 0 Å². The lowest BCUT2D eigenvalue weighted by Gasteiger charge is -1.98. The summed E-state index contributed by atoms with van der Waals surface area (Å²) in [6.45, 7) is 0. The van der Waals surface area contributed by atoms with E-state index in [2.05, 4.69) is 10.2 Å². The van der Waals surface area contributed by atoms with Crippen LogP contribution in [0, 0.1) is 0 Å². The van der Waals surface area contributed by atoms with Gasteiger partial charge in [-0.25, -0.2) is 0 Å². The van der Waals surface area contributed by atoms with Gasteiger partial charge >= 0.3 is 6.08 Å². The highest BCUT2D eigenvalue weighted by molar-refractivity contribution is 5.54. The van der Waals surface area contributed by atoms with Crippen LogP contribution in [0.25, 0.3) is 11.5 Å². The molecule has 0 aliphatic heterocycles. The predicted octanol–water partition coefficient (Wildman–Crippen LogP) is 1.75. The second-order valence-corrected chi connectivity index (χ2v) is 2.81. The van der Waals surface area contributed by atoms with Crippen LogP contribution in [0.1, 0.15) is 0 Å². The van der Waals surface area contributed by atoms with Crippen molar-refractivity contribution in [1.82, 2.24) is 10.2 Å². The third-order valence-corrected chi connectivity index (χ3v) is 1.92. The lowest BCUT2D eigenvalue weighted by molar-refractivity contribution is 0.293. The first-order valence-electron chi connectivity index (χ1n) is 4.35. The quantitative estimate of drug-likeness (QED) is 0.765. The van der Waals surface area contributed by atoms with Crippen LogP contribution in [0.4, 0.5) is 0 Å². The van der Waals surface area contributed by atoms with Crippen LogP contribution in [0.2, 0.25) is 0 Å². The fourth-order valence-corrected chi connectivity index (χ4v) is 1.14. The third kappa shape index (κ3) is 1.90. The molecule has 0 spiro atoms. The first kappa shape index (κ1) is 9.51. The average Bonchev–Trinajstić information content (AvgIpc) is 2.78. The summed E-state index contributed by atoms with van der Waals surface area (Å²) in [6, 6.07) is 7.33. The molecule has 1 aromatic carbocycles. The number of aromatic nitrogens is 2. The maximum atomic E-state index is 5.21. The second-order valence-electron chi connectivity index (χ2n) is 2.81. The molecule has 0 N–H and O–H groups in total. The molecule has 15 heavy (non-hydrogen) atoms. The van der Waals surface area contributed by atoms with Crippen LogP contribution in [0.15, 0.2) is 28.7 Å². The fraction of sp³-hybridized carbons (Fsp3) is 0.200. The van der Waals surface area contributed by atoms with Gasteiger partial charge in [0.05, 0.1) is 14.2 Å². The Morgan fingerprint density at radius 1 is 1.00 bits per heavy atom. The van der Waals surface area contributed by atoms with E-state index in [1.807, 2.05) is 24.3 Å². The summed E-state index contributed by atoms with van der Waals surface area (Å²) in [7, 11) is 3.09. The number of nitrogens with zero attached hydrogens (tertiary/aromatic N) is 2. The zero-order chi connectivity index (χ0) is 10.7. The monoisotopic (exact) mass is 206 g/mol. The van der Waals surface area contributed by atoms with Crippen LogP contribution < -0.4 is 9.47 Å². The van der Waals surface area contributed by atoms with Crippen LogP contribution in [0.3, 0.4) is 0 Å². The SMILES string of the molecule is COc1ccc(-c2nnc(OC)o2)cc1. The molecule has 0 saturated heterocycles. The van der Waals surface area contributed by atoms with Crippen LogP contribution in [-0.2, 0) is 0 Å². The number of hydrogen-bond donors (Lipinski definition) is 0. The van der Waals surface area contributed by atoms with Crippen molar-refractivity contribution in [2.45, 2.75) is 0 Å². The largest absolute Gasteiger partial charge is 0.497 e. The minimum Gasteiger partial charge on any atom is -0.497 e. The van der Waals surface area contributed by atoms with Gasteiger partial charge < -0.3 is 13.9 Å². The highest BCUT2D eigenvalue weighted by atomic mass is 16.6. The van der Waals surface area contributed by atoms with Gasteiger partial charge in [0.1, 0.15) is 5.75 Å². The van der Waals surface area contributed by atoms with Crippen molar-refractivity contribution in [2.75, 3.05) is 14.2 Å². The van der Waals surface area contributed by atoms with E-state index in [9.17, 15) is 0 Å². The van der Waals surface area contributed by atoms with Crippen molar-refractivity contribution < 1.29 is 13.9 Å². The Labute approximate surface area is 86.6 Å². The fourth-order valence-electron chi connectivity index (χ4n) is 1.14. The lowest BCUT2D eigenvalue weighted by atomic mass is 10.2. The molecule has 0 saturated carbocycles.